The van der Waals surface area contributed by atoms with E-state index in [4.69, 9.17) is 0 Å². The summed E-state index contributed by atoms with van der Waals surface area (Å²) in [5.41, 5.74) is 4.25. The molecular weight excluding hydrogens is 329 g/mol. The number of pyridine rings is 1. The van der Waals surface area contributed by atoms with Crippen LogP contribution in [0.25, 0.3) is 10.9 Å². The zero-order chi connectivity index (χ0) is 18.5. The molecule has 1 N–H and O–H groups in total. The summed E-state index contributed by atoms with van der Waals surface area (Å²) in [6, 6.07) is 7.82. The highest BCUT2D eigenvalue weighted by molar-refractivity contribution is 5.86. The van der Waals surface area contributed by atoms with Crippen molar-refractivity contribution >= 4 is 10.9 Å². The van der Waals surface area contributed by atoms with Gasteiger partial charge >= 0.3 is 0 Å². The zero-order valence-corrected chi connectivity index (χ0v) is 15.5. The van der Waals surface area contributed by atoms with Crippen LogP contribution in [0.4, 0.5) is 4.39 Å². The van der Waals surface area contributed by atoms with Gasteiger partial charge in [0.1, 0.15) is 11.4 Å². The Kier molecular flexibility index (Phi) is 4.09. The third kappa shape index (κ3) is 2.91. The SMILES string of the molecule is Cc1ccc2c(c1)c1c(n2C[C@](C)(O)c2cncc(F)c2)CCN(C)C1. The molecule has 2 aromatic heterocycles. The van der Waals surface area contributed by atoms with E-state index < -0.39 is 11.4 Å². The maximum absolute atomic E-state index is 13.6. The van der Waals surface area contributed by atoms with E-state index in [0.29, 0.717) is 12.1 Å². The molecule has 3 aromatic rings. The number of aliphatic hydroxyl groups is 1. The van der Waals surface area contributed by atoms with E-state index in [0.717, 1.165) is 31.2 Å². The molecular formula is C21H24FN3O. The second-order valence-electron chi connectivity index (χ2n) is 7.69. The van der Waals surface area contributed by atoms with Crippen molar-refractivity contribution in [2.75, 3.05) is 13.6 Å². The van der Waals surface area contributed by atoms with Crippen LogP contribution in [0.15, 0.2) is 36.7 Å². The smallest absolute Gasteiger partial charge is 0.141 e. The molecule has 4 nitrogen and oxygen atoms in total. The molecule has 1 atom stereocenters. The molecule has 4 rings (SSSR count). The lowest BCUT2D eigenvalue weighted by Gasteiger charge is -2.28. The average molecular weight is 353 g/mol. The summed E-state index contributed by atoms with van der Waals surface area (Å²) in [4.78, 5) is 6.22. The highest BCUT2D eigenvalue weighted by Crippen LogP contribution is 2.34. The summed E-state index contributed by atoms with van der Waals surface area (Å²) in [6.07, 6.45) is 3.64. The number of likely N-dealkylation sites (N-methyl/N-ethyl adjacent to an activating group) is 1. The van der Waals surface area contributed by atoms with Crippen LogP contribution in [0, 0.1) is 12.7 Å². The predicted octanol–water partition coefficient (Wildman–Crippen LogP) is 3.38. The first-order valence-electron chi connectivity index (χ1n) is 8.98. The Balaban J connectivity index is 1.84. The topological polar surface area (TPSA) is 41.3 Å². The van der Waals surface area contributed by atoms with Crippen LogP contribution in [0.1, 0.15) is 29.3 Å². The van der Waals surface area contributed by atoms with Gasteiger partial charge in [0.05, 0.1) is 12.7 Å². The molecule has 1 aliphatic rings. The third-order valence-electron chi connectivity index (χ3n) is 5.39. The van der Waals surface area contributed by atoms with Crippen LogP contribution in [-0.2, 0) is 25.1 Å². The Morgan fingerprint density at radius 1 is 1.27 bits per heavy atom. The van der Waals surface area contributed by atoms with E-state index >= 15 is 0 Å². The van der Waals surface area contributed by atoms with Crippen LogP contribution in [-0.4, -0.2) is 33.1 Å². The van der Waals surface area contributed by atoms with Crippen LogP contribution in [0.5, 0.6) is 0 Å². The fourth-order valence-corrected chi connectivity index (χ4v) is 3.98. The van der Waals surface area contributed by atoms with E-state index in [2.05, 4.69) is 46.6 Å². The quantitative estimate of drug-likeness (QED) is 0.785. The van der Waals surface area contributed by atoms with Gasteiger partial charge in [-0.15, -0.1) is 0 Å². The first-order valence-corrected chi connectivity index (χ1v) is 8.98. The van der Waals surface area contributed by atoms with Crippen LogP contribution in [0.2, 0.25) is 0 Å². The number of halogens is 1. The summed E-state index contributed by atoms with van der Waals surface area (Å²) in [7, 11) is 2.14. The molecule has 0 bridgehead atoms. The van der Waals surface area contributed by atoms with Gasteiger partial charge in [0, 0.05) is 47.9 Å². The van der Waals surface area contributed by atoms with Crippen molar-refractivity contribution in [3.63, 3.8) is 0 Å². The molecule has 3 heterocycles. The predicted molar refractivity (Wildman–Crippen MR) is 100 cm³/mol. The van der Waals surface area contributed by atoms with Crippen LogP contribution in [0.3, 0.4) is 0 Å². The number of hydrogen-bond donors (Lipinski definition) is 1. The summed E-state index contributed by atoms with van der Waals surface area (Å²) in [5, 5.41) is 12.4. The number of benzene rings is 1. The second kappa shape index (κ2) is 6.18. The maximum Gasteiger partial charge on any atom is 0.141 e. The molecule has 0 aliphatic carbocycles. The molecule has 136 valence electrons. The lowest BCUT2D eigenvalue weighted by atomic mass is 9.97. The molecule has 0 radical (unpaired) electrons. The van der Waals surface area contributed by atoms with Gasteiger partial charge in [-0.1, -0.05) is 11.6 Å². The lowest BCUT2D eigenvalue weighted by molar-refractivity contribution is 0.0378. The molecule has 0 amide bonds. The standard InChI is InChI=1S/C21H24FN3O/c1-14-4-5-19-17(8-14)18-12-24(3)7-6-20(18)25(19)13-21(2,26)15-9-16(22)11-23-10-15/h4-5,8-11,26H,6-7,12-13H2,1-3H3/t21-/m0/s1. The van der Waals surface area contributed by atoms with E-state index in [-0.39, 0.29) is 0 Å². The van der Waals surface area contributed by atoms with Crippen LogP contribution < -0.4 is 0 Å². The first-order chi connectivity index (χ1) is 12.3. The molecule has 1 aliphatic heterocycles. The van der Waals surface area contributed by atoms with Crippen molar-refractivity contribution < 1.29 is 9.50 Å². The zero-order valence-electron chi connectivity index (χ0n) is 15.5. The number of nitrogens with zero attached hydrogens (tertiary/aromatic N) is 3. The normalized spacial score (nSPS) is 17.3. The van der Waals surface area contributed by atoms with Crippen molar-refractivity contribution in [3.05, 3.63) is 64.9 Å². The van der Waals surface area contributed by atoms with E-state index in [1.54, 1.807) is 13.1 Å². The van der Waals surface area contributed by atoms with Crippen molar-refractivity contribution in [1.29, 1.82) is 0 Å². The summed E-state index contributed by atoms with van der Waals surface area (Å²) >= 11 is 0. The molecule has 0 spiro atoms. The molecule has 0 fully saturated rings. The number of rotatable bonds is 3. The largest absolute Gasteiger partial charge is 0.384 e. The van der Waals surface area contributed by atoms with E-state index in [1.165, 1.54) is 28.3 Å². The van der Waals surface area contributed by atoms with Crippen LogP contribution >= 0.6 is 0 Å². The minimum atomic E-state index is -1.21. The maximum atomic E-state index is 13.6. The third-order valence-corrected chi connectivity index (χ3v) is 5.39. The van der Waals surface area contributed by atoms with Crippen molar-refractivity contribution in [3.8, 4) is 0 Å². The summed E-state index contributed by atoms with van der Waals surface area (Å²) in [6.45, 7) is 6.10. The van der Waals surface area contributed by atoms with Gasteiger partial charge in [0.15, 0.2) is 0 Å². The Bertz CT molecular complexity index is 977. The molecule has 1 aromatic carbocycles. The van der Waals surface area contributed by atoms with E-state index in [1.807, 2.05) is 0 Å². The van der Waals surface area contributed by atoms with E-state index in [9.17, 15) is 9.50 Å². The van der Waals surface area contributed by atoms with Crippen molar-refractivity contribution in [1.82, 2.24) is 14.5 Å². The number of fused-ring (bicyclic) bond motifs is 3. The summed E-state index contributed by atoms with van der Waals surface area (Å²) < 4.78 is 15.8. The first kappa shape index (κ1) is 17.2. The monoisotopic (exact) mass is 353 g/mol. The minimum absolute atomic E-state index is 0.372. The fraction of sp³-hybridized carbons (Fsp3) is 0.381. The number of aryl methyl sites for hydroxylation is 1. The molecule has 0 saturated heterocycles. The Morgan fingerprint density at radius 3 is 2.85 bits per heavy atom. The van der Waals surface area contributed by atoms with Gasteiger partial charge in [-0.05, 0) is 44.7 Å². The molecule has 26 heavy (non-hydrogen) atoms. The van der Waals surface area contributed by atoms with Gasteiger partial charge in [-0.25, -0.2) is 4.39 Å². The molecule has 0 saturated carbocycles. The Labute approximate surface area is 152 Å². The molecule has 0 unspecified atom stereocenters. The van der Waals surface area contributed by atoms with Crippen molar-refractivity contribution in [2.45, 2.75) is 39.0 Å². The molecule has 5 heteroatoms. The van der Waals surface area contributed by atoms with Gasteiger partial charge in [0.25, 0.3) is 0 Å². The van der Waals surface area contributed by atoms with Gasteiger partial charge in [-0.3, -0.25) is 4.98 Å². The highest BCUT2D eigenvalue weighted by Gasteiger charge is 2.29. The van der Waals surface area contributed by atoms with Gasteiger partial charge in [-0.2, -0.15) is 0 Å². The Hall–Kier alpha value is -2.24. The lowest BCUT2D eigenvalue weighted by Crippen LogP contribution is -2.31. The van der Waals surface area contributed by atoms with Crippen molar-refractivity contribution in [2.24, 2.45) is 0 Å². The minimum Gasteiger partial charge on any atom is -0.384 e. The number of hydrogen-bond acceptors (Lipinski definition) is 3. The van der Waals surface area contributed by atoms with Gasteiger partial charge < -0.3 is 14.6 Å². The fourth-order valence-electron chi connectivity index (χ4n) is 3.98. The highest BCUT2D eigenvalue weighted by atomic mass is 19.1. The average Bonchev–Trinajstić information content (AvgIpc) is 2.87. The second-order valence-corrected chi connectivity index (χ2v) is 7.69. The summed E-state index contributed by atoms with van der Waals surface area (Å²) in [5.74, 6) is -0.431. The number of aromatic nitrogens is 2. The van der Waals surface area contributed by atoms with Gasteiger partial charge in [0.2, 0.25) is 0 Å². The Morgan fingerprint density at radius 2 is 2.08 bits per heavy atom.